The molecule has 2 rings (SSSR count). The topological polar surface area (TPSA) is 32.3 Å². The molecule has 0 atom stereocenters. The Morgan fingerprint density at radius 3 is 2.50 bits per heavy atom. The van der Waals surface area contributed by atoms with Gasteiger partial charge in [-0.1, -0.05) is 41.9 Å². The predicted molar refractivity (Wildman–Crippen MR) is 93.8 cm³/mol. The highest BCUT2D eigenvalue weighted by Gasteiger charge is 2.06. The van der Waals surface area contributed by atoms with Crippen LogP contribution in [0.5, 0.6) is 0 Å². The van der Waals surface area contributed by atoms with Gasteiger partial charge in [0.15, 0.2) is 0 Å². The molecule has 1 amide bonds. The van der Waals surface area contributed by atoms with Crippen molar-refractivity contribution in [2.24, 2.45) is 0 Å². The maximum absolute atomic E-state index is 12.0. The molecule has 0 fully saturated rings. The molecule has 2 aromatic carbocycles. The quantitative estimate of drug-likeness (QED) is 0.858. The van der Waals surface area contributed by atoms with E-state index in [9.17, 15) is 4.79 Å². The van der Waals surface area contributed by atoms with Crippen LogP contribution in [0, 0.1) is 0 Å². The summed E-state index contributed by atoms with van der Waals surface area (Å²) in [5, 5.41) is 3.52. The molecule has 0 unspecified atom stereocenters. The number of hydrogen-bond acceptors (Lipinski definition) is 2. The second-order valence-electron chi connectivity index (χ2n) is 5.45. The fourth-order valence-electron chi connectivity index (χ4n) is 2.27. The van der Waals surface area contributed by atoms with Crippen molar-refractivity contribution >= 4 is 28.9 Å². The van der Waals surface area contributed by atoms with E-state index in [-0.39, 0.29) is 5.91 Å². The molecule has 0 aromatic heterocycles. The molecule has 0 saturated heterocycles. The van der Waals surface area contributed by atoms with E-state index in [1.54, 1.807) is 6.07 Å². The summed E-state index contributed by atoms with van der Waals surface area (Å²) in [6, 6.07) is 15.8. The fraction of sp³-hybridized carbons (Fsp3) is 0.278. The minimum atomic E-state index is 0.0181. The Kier molecular flexibility index (Phi) is 5.84. The number of amides is 1. The molecule has 1 N–H and O–H groups in total. The van der Waals surface area contributed by atoms with E-state index >= 15 is 0 Å². The summed E-state index contributed by atoms with van der Waals surface area (Å²) < 4.78 is 0. The van der Waals surface area contributed by atoms with Crippen LogP contribution >= 0.6 is 11.6 Å². The molecule has 22 heavy (non-hydrogen) atoms. The minimum absolute atomic E-state index is 0.0181. The summed E-state index contributed by atoms with van der Waals surface area (Å²) in [6.45, 7) is 0. The Balaban J connectivity index is 1.83. The van der Waals surface area contributed by atoms with Gasteiger partial charge in [0.1, 0.15) is 0 Å². The molecule has 2 aromatic rings. The first-order chi connectivity index (χ1) is 10.6. The van der Waals surface area contributed by atoms with E-state index in [2.05, 4.69) is 17.4 Å². The van der Waals surface area contributed by atoms with Crippen LogP contribution < -0.4 is 10.2 Å². The first-order valence-corrected chi connectivity index (χ1v) is 7.74. The van der Waals surface area contributed by atoms with Gasteiger partial charge in [0.25, 0.3) is 0 Å². The van der Waals surface area contributed by atoms with Crippen LogP contribution in [0.15, 0.2) is 48.5 Å². The second-order valence-corrected chi connectivity index (χ2v) is 5.86. The largest absolute Gasteiger partial charge is 0.376 e. The van der Waals surface area contributed by atoms with Crippen molar-refractivity contribution in [2.75, 3.05) is 24.3 Å². The lowest BCUT2D eigenvalue weighted by atomic mass is 10.1. The summed E-state index contributed by atoms with van der Waals surface area (Å²) in [5.74, 6) is 0.0181. The third-order valence-corrected chi connectivity index (χ3v) is 3.73. The van der Waals surface area contributed by atoms with E-state index in [4.69, 9.17) is 11.6 Å². The zero-order valence-corrected chi connectivity index (χ0v) is 13.7. The number of nitrogens with zero attached hydrogens (tertiary/aromatic N) is 1. The monoisotopic (exact) mass is 316 g/mol. The number of rotatable bonds is 6. The molecule has 0 aliphatic heterocycles. The number of carbonyl (C=O) groups is 1. The van der Waals surface area contributed by atoms with Crippen molar-refractivity contribution in [3.8, 4) is 0 Å². The standard InChI is InChI=1S/C18H21ClN2O/c1-21(2)17-12-11-15(13-16(17)19)20-18(22)10-6-9-14-7-4-3-5-8-14/h3-5,7-8,11-13H,6,9-10H2,1-2H3,(H,20,22). The number of aryl methyl sites for hydroxylation is 1. The lowest BCUT2D eigenvalue weighted by Crippen LogP contribution is -2.13. The number of carbonyl (C=O) groups excluding carboxylic acids is 1. The van der Waals surface area contributed by atoms with Crippen molar-refractivity contribution in [2.45, 2.75) is 19.3 Å². The average Bonchev–Trinajstić information content (AvgIpc) is 2.48. The van der Waals surface area contributed by atoms with E-state index in [1.165, 1.54) is 5.56 Å². The average molecular weight is 317 g/mol. The van der Waals surface area contributed by atoms with Gasteiger partial charge in [-0.25, -0.2) is 0 Å². The Bertz CT molecular complexity index is 626. The number of benzene rings is 2. The van der Waals surface area contributed by atoms with Crippen LogP contribution in [-0.4, -0.2) is 20.0 Å². The van der Waals surface area contributed by atoms with Crippen LogP contribution in [0.3, 0.4) is 0 Å². The molecule has 0 saturated carbocycles. The van der Waals surface area contributed by atoms with Gasteiger partial charge in [0.2, 0.25) is 5.91 Å². The third kappa shape index (κ3) is 4.78. The highest BCUT2D eigenvalue weighted by molar-refractivity contribution is 6.33. The Hall–Kier alpha value is -2.00. The molecule has 0 bridgehead atoms. The van der Waals surface area contributed by atoms with Crippen molar-refractivity contribution in [1.82, 2.24) is 0 Å². The molecule has 3 nitrogen and oxygen atoms in total. The Morgan fingerprint density at radius 1 is 1.14 bits per heavy atom. The van der Waals surface area contributed by atoms with Gasteiger partial charge in [0.05, 0.1) is 10.7 Å². The summed E-state index contributed by atoms with van der Waals surface area (Å²) in [5.41, 5.74) is 2.93. The van der Waals surface area contributed by atoms with Crippen molar-refractivity contribution in [1.29, 1.82) is 0 Å². The fourth-order valence-corrected chi connectivity index (χ4v) is 2.62. The summed E-state index contributed by atoms with van der Waals surface area (Å²) in [7, 11) is 3.87. The van der Waals surface area contributed by atoms with Crippen molar-refractivity contribution < 1.29 is 4.79 Å². The van der Waals surface area contributed by atoms with E-state index in [0.717, 1.165) is 24.2 Å². The Morgan fingerprint density at radius 2 is 1.86 bits per heavy atom. The van der Waals surface area contributed by atoms with Crippen LogP contribution in [0.4, 0.5) is 11.4 Å². The summed E-state index contributed by atoms with van der Waals surface area (Å²) >= 11 is 6.20. The maximum atomic E-state index is 12.0. The first-order valence-electron chi connectivity index (χ1n) is 7.37. The van der Waals surface area contributed by atoms with Crippen LogP contribution in [0.25, 0.3) is 0 Å². The van der Waals surface area contributed by atoms with E-state index in [0.29, 0.717) is 11.4 Å². The molecule has 0 heterocycles. The maximum Gasteiger partial charge on any atom is 0.224 e. The number of anilines is 2. The predicted octanol–water partition coefficient (Wildman–Crippen LogP) is 4.37. The second kappa shape index (κ2) is 7.85. The molecule has 0 spiro atoms. The number of hydrogen-bond donors (Lipinski definition) is 1. The smallest absolute Gasteiger partial charge is 0.224 e. The van der Waals surface area contributed by atoms with Crippen molar-refractivity contribution in [3.05, 3.63) is 59.1 Å². The van der Waals surface area contributed by atoms with Crippen molar-refractivity contribution in [3.63, 3.8) is 0 Å². The van der Waals surface area contributed by atoms with Crippen LogP contribution in [0.2, 0.25) is 5.02 Å². The number of nitrogens with one attached hydrogen (secondary N) is 1. The minimum Gasteiger partial charge on any atom is -0.376 e. The molecular formula is C18H21ClN2O. The zero-order valence-electron chi connectivity index (χ0n) is 13.0. The summed E-state index contributed by atoms with van der Waals surface area (Å²) in [6.07, 6.45) is 2.25. The van der Waals surface area contributed by atoms with Crippen LogP contribution in [-0.2, 0) is 11.2 Å². The molecule has 116 valence electrons. The highest BCUT2D eigenvalue weighted by atomic mass is 35.5. The van der Waals surface area contributed by atoms with Crippen LogP contribution in [0.1, 0.15) is 18.4 Å². The van der Waals surface area contributed by atoms with E-state index in [1.807, 2.05) is 49.3 Å². The molecule has 0 aliphatic carbocycles. The summed E-state index contributed by atoms with van der Waals surface area (Å²) in [4.78, 5) is 13.9. The van der Waals surface area contributed by atoms with Gasteiger partial charge in [0, 0.05) is 26.2 Å². The van der Waals surface area contributed by atoms with Gasteiger partial charge < -0.3 is 10.2 Å². The molecular weight excluding hydrogens is 296 g/mol. The van der Waals surface area contributed by atoms with Gasteiger partial charge in [-0.2, -0.15) is 0 Å². The molecule has 4 heteroatoms. The molecule has 0 aliphatic rings. The number of halogens is 1. The van der Waals surface area contributed by atoms with Gasteiger partial charge in [-0.15, -0.1) is 0 Å². The van der Waals surface area contributed by atoms with Gasteiger partial charge >= 0.3 is 0 Å². The Labute approximate surface area is 136 Å². The lowest BCUT2D eigenvalue weighted by molar-refractivity contribution is -0.116. The first kappa shape index (κ1) is 16.4. The van der Waals surface area contributed by atoms with Gasteiger partial charge in [-0.05, 0) is 36.6 Å². The normalized spacial score (nSPS) is 10.3. The van der Waals surface area contributed by atoms with Gasteiger partial charge in [-0.3, -0.25) is 4.79 Å². The highest BCUT2D eigenvalue weighted by Crippen LogP contribution is 2.27. The molecule has 0 radical (unpaired) electrons. The third-order valence-electron chi connectivity index (χ3n) is 3.43. The lowest BCUT2D eigenvalue weighted by Gasteiger charge is -2.15. The SMILES string of the molecule is CN(C)c1ccc(NC(=O)CCCc2ccccc2)cc1Cl. The van der Waals surface area contributed by atoms with E-state index < -0.39 is 0 Å². The zero-order chi connectivity index (χ0) is 15.9.